The van der Waals surface area contributed by atoms with Crippen LogP contribution in [0, 0.1) is 13.8 Å². The molecule has 0 amide bonds. The molecule has 0 fully saturated rings. The summed E-state index contributed by atoms with van der Waals surface area (Å²) in [6.45, 7) is 4.42. The number of hydrogen-bond acceptors (Lipinski definition) is 1. The van der Waals surface area contributed by atoms with E-state index in [2.05, 4.69) is 189 Å². The summed E-state index contributed by atoms with van der Waals surface area (Å²) in [5, 5.41) is 7.63. The first kappa shape index (κ1) is 29.2. The summed E-state index contributed by atoms with van der Waals surface area (Å²) in [5.74, 6) is 0. The van der Waals surface area contributed by atoms with Crippen LogP contribution in [0.4, 0.5) is 5.69 Å². The van der Waals surface area contributed by atoms with E-state index < -0.39 is 0 Å². The molecule has 1 heteroatoms. The van der Waals surface area contributed by atoms with Gasteiger partial charge in [0.2, 0.25) is 0 Å². The van der Waals surface area contributed by atoms with E-state index in [4.69, 9.17) is 0 Å². The normalized spacial score (nSPS) is 14.5. The lowest BCUT2D eigenvalue weighted by Gasteiger charge is -2.31. The molecule has 1 atom stereocenters. The fourth-order valence-electron chi connectivity index (χ4n) is 8.22. The minimum atomic E-state index is 0.205. The molecule has 1 aliphatic heterocycles. The average molecular weight is 628 g/mol. The Hall–Kier alpha value is -5.92. The highest BCUT2D eigenvalue weighted by Crippen LogP contribution is 2.49. The number of hydrogen-bond donors (Lipinski definition) is 0. The van der Waals surface area contributed by atoms with Gasteiger partial charge >= 0.3 is 0 Å². The third-order valence-electron chi connectivity index (χ3n) is 10.2. The van der Waals surface area contributed by atoms with Crippen molar-refractivity contribution in [1.29, 1.82) is 0 Å². The van der Waals surface area contributed by atoms with Crippen molar-refractivity contribution >= 4 is 43.7 Å². The summed E-state index contributed by atoms with van der Waals surface area (Å²) in [5.41, 5.74) is 12.7. The number of benzene rings is 8. The first-order valence-electron chi connectivity index (χ1n) is 17.3. The molecule has 8 aromatic carbocycles. The van der Waals surface area contributed by atoms with Gasteiger partial charge in [-0.2, -0.15) is 0 Å². The molecule has 8 aromatic rings. The summed E-state index contributed by atoms with van der Waals surface area (Å²) < 4.78 is 0. The molecule has 0 bridgehead atoms. The van der Waals surface area contributed by atoms with Crippen LogP contribution in [-0.4, -0.2) is 0 Å². The van der Waals surface area contributed by atoms with Gasteiger partial charge in [0, 0.05) is 11.4 Å². The minimum absolute atomic E-state index is 0.205. The highest BCUT2D eigenvalue weighted by Gasteiger charge is 2.30. The maximum absolute atomic E-state index is 2.57. The van der Waals surface area contributed by atoms with Crippen molar-refractivity contribution in [3.63, 3.8) is 0 Å². The Morgan fingerprint density at radius 3 is 1.84 bits per heavy atom. The van der Waals surface area contributed by atoms with E-state index in [-0.39, 0.29) is 6.04 Å². The van der Waals surface area contributed by atoms with Gasteiger partial charge in [0.25, 0.3) is 0 Å². The van der Waals surface area contributed by atoms with Crippen molar-refractivity contribution in [1.82, 2.24) is 0 Å². The third kappa shape index (κ3) is 5.02. The molecule has 0 saturated carbocycles. The van der Waals surface area contributed by atoms with Crippen molar-refractivity contribution < 1.29 is 0 Å². The fourth-order valence-corrected chi connectivity index (χ4v) is 8.22. The molecule has 0 aliphatic carbocycles. The van der Waals surface area contributed by atoms with Gasteiger partial charge in [-0.25, -0.2) is 0 Å². The van der Waals surface area contributed by atoms with Gasteiger partial charge in [0.05, 0.1) is 6.04 Å². The molecule has 1 aliphatic rings. The van der Waals surface area contributed by atoms with Gasteiger partial charge in [0.15, 0.2) is 0 Å². The van der Waals surface area contributed by atoms with Gasteiger partial charge in [-0.1, -0.05) is 169 Å². The summed E-state index contributed by atoms with van der Waals surface area (Å²) in [4.78, 5) is 2.57. The second kappa shape index (κ2) is 12.0. The van der Waals surface area contributed by atoms with Crippen LogP contribution < -0.4 is 4.90 Å². The second-order valence-corrected chi connectivity index (χ2v) is 13.4. The highest BCUT2D eigenvalue weighted by atomic mass is 15.2. The number of fused-ring (bicyclic) bond motifs is 3. The molecule has 234 valence electrons. The Kier molecular flexibility index (Phi) is 7.13. The monoisotopic (exact) mass is 627 g/mol. The van der Waals surface area contributed by atoms with E-state index in [1.54, 1.807) is 0 Å². The zero-order chi connectivity index (χ0) is 32.9. The Morgan fingerprint density at radius 1 is 0.469 bits per heavy atom. The Bertz CT molecular complexity index is 2520. The van der Waals surface area contributed by atoms with Crippen molar-refractivity contribution in [2.45, 2.75) is 26.3 Å². The SMILES string of the molecule is Cc1cc(C)cc(-c2c3ccccc3c(-c3cccc4ccccc34)c3ccc(N4C(c5ccccc5)=CCC4c4ccccc4)cc23)c1. The zero-order valence-electron chi connectivity index (χ0n) is 27.9. The molecule has 1 nitrogen and oxygen atoms in total. The summed E-state index contributed by atoms with van der Waals surface area (Å²) >= 11 is 0. The van der Waals surface area contributed by atoms with Crippen molar-refractivity contribution in [2.24, 2.45) is 0 Å². The van der Waals surface area contributed by atoms with Gasteiger partial charge in [-0.05, 0) is 98.1 Å². The first-order chi connectivity index (χ1) is 24.1. The first-order valence-corrected chi connectivity index (χ1v) is 17.3. The van der Waals surface area contributed by atoms with Gasteiger partial charge < -0.3 is 4.90 Å². The molecule has 0 spiro atoms. The predicted octanol–water partition coefficient (Wildman–Crippen LogP) is 13.1. The van der Waals surface area contributed by atoms with Crippen LogP contribution in [0.15, 0.2) is 170 Å². The van der Waals surface area contributed by atoms with E-state index in [1.165, 1.54) is 88.2 Å². The van der Waals surface area contributed by atoms with Gasteiger partial charge in [0.1, 0.15) is 0 Å². The number of aryl methyl sites for hydroxylation is 2. The van der Waals surface area contributed by atoms with Crippen LogP contribution in [0.1, 0.15) is 34.7 Å². The van der Waals surface area contributed by atoms with Crippen molar-refractivity contribution in [3.05, 3.63) is 192 Å². The summed E-state index contributed by atoms with van der Waals surface area (Å²) in [6, 6.07) is 60.8. The number of rotatable bonds is 5. The zero-order valence-corrected chi connectivity index (χ0v) is 27.9. The summed E-state index contributed by atoms with van der Waals surface area (Å²) in [6.07, 6.45) is 3.37. The van der Waals surface area contributed by atoms with Crippen LogP contribution in [0.25, 0.3) is 60.3 Å². The largest absolute Gasteiger partial charge is 0.333 e. The molecular weight excluding hydrogens is 591 g/mol. The van der Waals surface area contributed by atoms with E-state index in [0.29, 0.717) is 0 Å². The minimum Gasteiger partial charge on any atom is -0.333 e. The predicted molar refractivity (Wildman–Crippen MR) is 210 cm³/mol. The third-order valence-corrected chi connectivity index (χ3v) is 10.2. The van der Waals surface area contributed by atoms with Gasteiger partial charge in [-0.15, -0.1) is 0 Å². The lowest BCUT2D eigenvalue weighted by Crippen LogP contribution is -2.22. The van der Waals surface area contributed by atoms with Gasteiger partial charge in [-0.3, -0.25) is 0 Å². The van der Waals surface area contributed by atoms with Crippen molar-refractivity contribution in [3.8, 4) is 22.3 Å². The van der Waals surface area contributed by atoms with Crippen LogP contribution in [0.5, 0.6) is 0 Å². The molecule has 0 aromatic heterocycles. The van der Waals surface area contributed by atoms with Crippen LogP contribution >= 0.6 is 0 Å². The highest BCUT2D eigenvalue weighted by molar-refractivity contribution is 6.24. The lowest BCUT2D eigenvalue weighted by molar-refractivity contribution is 0.749. The quantitative estimate of drug-likeness (QED) is 0.172. The molecule has 49 heavy (non-hydrogen) atoms. The van der Waals surface area contributed by atoms with E-state index in [1.807, 2.05) is 0 Å². The maximum atomic E-state index is 2.57. The Labute approximate surface area is 288 Å². The lowest BCUT2D eigenvalue weighted by atomic mass is 9.84. The molecule has 0 saturated heterocycles. The topological polar surface area (TPSA) is 3.24 Å². The van der Waals surface area contributed by atoms with E-state index in [9.17, 15) is 0 Å². The molecule has 0 N–H and O–H groups in total. The van der Waals surface area contributed by atoms with Crippen LogP contribution in [0.3, 0.4) is 0 Å². The Morgan fingerprint density at radius 2 is 1.08 bits per heavy atom. The smallest absolute Gasteiger partial charge is 0.0626 e. The number of anilines is 1. The standard InChI is InChI=1S/C48H37N/c1-32-28-33(2)30-37(29-32)47-41-21-11-12-22-42(41)48(40-23-13-19-34-14-9-10-20-39(34)40)43-25-24-38(31-44(43)47)49-45(35-15-5-3-6-16-35)26-27-46(49)36-17-7-4-8-18-36/h3-26,28-31,46H,27H2,1-2H3. The molecular formula is C48H37N. The van der Waals surface area contributed by atoms with E-state index in [0.717, 1.165) is 6.42 Å². The average Bonchev–Trinajstić information content (AvgIpc) is 3.59. The summed E-state index contributed by atoms with van der Waals surface area (Å²) in [7, 11) is 0. The fraction of sp³-hybridized carbons (Fsp3) is 0.0833. The van der Waals surface area contributed by atoms with Crippen molar-refractivity contribution in [2.75, 3.05) is 4.90 Å². The molecule has 1 heterocycles. The number of nitrogens with zero attached hydrogens (tertiary/aromatic N) is 1. The molecule has 9 rings (SSSR count). The second-order valence-electron chi connectivity index (χ2n) is 13.4. The van der Waals surface area contributed by atoms with E-state index >= 15 is 0 Å². The maximum Gasteiger partial charge on any atom is 0.0626 e. The molecule has 0 radical (unpaired) electrons. The van der Waals surface area contributed by atoms with Crippen LogP contribution in [-0.2, 0) is 0 Å². The molecule has 1 unspecified atom stereocenters. The van der Waals surface area contributed by atoms with Crippen LogP contribution in [0.2, 0.25) is 0 Å². The Balaban J connectivity index is 1.38.